The Labute approximate surface area is 204 Å². The van der Waals surface area contributed by atoms with Crippen molar-refractivity contribution in [3.05, 3.63) is 52.3 Å². The highest BCUT2D eigenvalue weighted by atomic mass is 35.5. The fourth-order valence-corrected chi connectivity index (χ4v) is 5.17. The molecule has 0 aliphatic rings. The number of nitrogens with one attached hydrogen (secondary N) is 1. The number of carboxylic acid groups (broad SMARTS) is 1. The number of carboxylic acids is 1. The van der Waals surface area contributed by atoms with E-state index in [-0.39, 0.29) is 15.7 Å². The van der Waals surface area contributed by atoms with E-state index in [1.54, 1.807) is 29.8 Å². The lowest BCUT2D eigenvalue weighted by molar-refractivity contribution is -0.137. The molecule has 34 heavy (non-hydrogen) atoms. The number of amides is 3. The second-order valence-corrected chi connectivity index (χ2v) is 9.85. The summed E-state index contributed by atoms with van der Waals surface area (Å²) in [6, 6.07) is 4.65. The quantitative estimate of drug-likeness (QED) is 0.424. The van der Waals surface area contributed by atoms with Crippen molar-refractivity contribution in [2.24, 2.45) is 12.8 Å². The molecule has 0 aliphatic carbocycles. The first-order valence-electron chi connectivity index (χ1n) is 9.61. The largest absolute Gasteiger partial charge is 0.481 e. The molecule has 1 aromatic carbocycles. The number of benzene rings is 1. The number of fused-ring (bicyclic) bond motifs is 1. The standard InChI is InChI=1S/C20H19Cl2N5O6S/c1-10(7-17(28)29)27(20(23)31)34(32,33)16-6-3-11(9-24-16)25-19(30)15-8-12-14(26(15)2)5-4-13(21)18(12)22/h3-6,8-10H,7H2,1-2H3,(H2,23,31)(H,25,30)(H,28,29). The van der Waals surface area contributed by atoms with Gasteiger partial charge in [-0.15, -0.1) is 0 Å². The van der Waals surface area contributed by atoms with Crippen molar-refractivity contribution in [1.82, 2.24) is 13.9 Å². The molecule has 2 heterocycles. The molecule has 0 saturated carbocycles. The molecule has 0 aliphatic heterocycles. The number of anilines is 1. The Hall–Kier alpha value is -3.35. The number of carbonyl (C=O) groups is 3. The average molecular weight is 528 g/mol. The SMILES string of the molecule is CC(CC(=O)O)N(C(N)=O)S(=O)(=O)c1ccc(NC(=O)c2cc3c(Cl)c(Cl)ccc3n2C)cn1. The molecule has 1 atom stereocenters. The molecule has 3 amide bonds. The number of primary amides is 1. The third-order valence-electron chi connectivity index (χ3n) is 4.95. The van der Waals surface area contributed by atoms with Crippen molar-refractivity contribution in [1.29, 1.82) is 0 Å². The number of aromatic nitrogens is 2. The minimum Gasteiger partial charge on any atom is -0.481 e. The van der Waals surface area contributed by atoms with Gasteiger partial charge < -0.3 is 20.7 Å². The third kappa shape index (κ3) is 4.79. The summed E-state index contributed by atoms with van der Waals surface area (Å²) in [7, 11) is -2.86. The molecule has 0 radical (unpaired) electrons. The minimum absolute atomic E-state index is 0.169. The first-order valence-corrected chi connectivity index (χ1v) is 11.8. The number of carbonyl (C=O) groups excluding carboxylic acids is 2. The number of nitrogens with two attached hydrogens (primary N) is 1. The maximum Gasteiger partial charge on any atom is 0.329 e. The smallest absolute Gasteiger partial charge is 0.329 e. The van der Waals surface area contributed by atoms with Gasteiger partial charge in [0.1, 0.15) is 5.69 Å². The van der Waals surface area contributed by atoms with E-state index in [1.807, 2.05) is 0 Å². The molecule has 3 aromatic rings. The zero-order valence-corrected chi connectivity index (χ0v) is 20.1. The number of nitrogens with zero attached hydrogens (tertiary/aromatic N) is 3. The normalized spacial score (nSPS) is 12.4. The van der Waals surface area contributed by atoms with E-state index in [2.05, 4.69) is 10.3 Å². The molecule has 0 bridgehead atoms. The third-order valence-corrected chi connectivity index (χ3v) is 7.60. The summed E-state index contributed by atoms with van der Waals surface area (Å²) in [5, 5.41) is 12.2. The van der Waals surface area contributed by atoms with Crippen LogP contribution in [0.2, 0.25) is 10.0 Å². The van der Waals surface area contributed by atoms with Gasteiger partial charge >= 0.3 is 12.0 Å². The van der Waals surface area contributed by atoms with Crippen molar-refractivity contribution < 1.29 is 27.9 Å². The van der Waals surface area contributed by atoms with Crippen LogP contribution in [0.1, 0.15) is 23.8 Å². The van der Waals surface area contributed by atoms with Crippen molar-refractivity contribution in [2.45, 2.75) is 24.4 Å². The van der Waals surface area contributed by atoms with Crippen LogP contribution in [0.4, 0.5) is 10.5 Å². The first-order chi connectivity index (χ1) is 15.8. The van der Waals surface area contributed by atoms with Crippen LogP contribution in [0.25, 0.3) is 10.9 Å². The Bertz CT molecular complexity index is 1410. The van der Waals surface area contributed by atoms with Gasteiger partial charge in [0.05, 0.1) is 34.4 Å². The van der Waals surface area contributed by atoms with Crippen LogP contribution in [0.15, 0.2) is 41.6 Å². The van der Waals surface area contributed by atoms with Gasteiger partial charge in [0.2, 0.25) is 0 Å². The Morgan fingerprint density at radius 1 is 1.24 bits per heavy atom. The van der Waals surface area contributed by atoms with E-state index in [9.17, 15) is 22.8 Å². The summed E-state index contributed by atoms with van der Waals surface area (Å²) in [4.78, 5) is 39.3. The topological polar surface area (TPSA) is 165 Å². The van der Waals surface area contributed by atoms with Gasteiger partial charge in [-0.2, -0.15) is 8.42 Å². The molecule has 1 unspecified atom stereocenters. The van der Waals surface area contributed by atoms with Gasteiger partial charge in [-0.25, -0.2) is 14.1 Å². The lowest BCUT2D eigenvalue weighted by Gasteiger charge is -2.25. The minimum atomic E-state index is -4.54. The molecule has 0 fully saturated rings. The van der Waals surface area contributed by atoms with E-state index in [4.69, 9.17) is 34.0 Å². The summed E-state index contributed by atoms with van der Waals surface area (Å²) in [5.74, 6) is -1.82. The fourth-order valence-electron chi connectivity index (χ4n) is 3.38. The Morgan fingerprint density at radius 2 is 1.91 bits per heavy atom. The Morgan fingerprint density at radius 3 is 2.47 bits per heavy atom. The molecule has 0 spiro atoms. The highest BCUT2D eigenvalue weighted by Crippen LogP contribution is 2.32. The van der Waals surface area contributed by atoms with Gasteiger partial charge in [-0.3, -0.25) is 9.59 Å². The van der Waals surface area contributed by atoms with Crippen LogP contribution in [0, 0.1) is 0 Å². The molecule has 3 rings (SSSR count). The van der Waals surface area contributed by atoms with Crippen LogP contribution in [-0.2, 0) is 21.9 Å². The fraction of sp³-hybridized carbons (Fsp3) is 0.200. The van der Waals surface area contributed by atoms with Crippen molar-refractivity contribution >= 4 is 67.7 Å². The summed E-state index contributed by atoms with van der Waals surface area (Å²) in [5.41, 5.74) is 6.29. The Balaban J connectivity index is 1.86. The number of aryl methyl sites for hydroxylation is 1. The van der Waals surface area contributed by atoms with Gasteiger partial charge in [-0.1, -0.05) is 23.2 Å². The van der Waals surface area contributed by atoms with Gasteiger partial charge in [0.25, 0.3) is 15.9 Å². The molecule has 11 nitrogen and oxygen atoms in total. The second kappa shape index (κ2) is 9.49. The maximum atomic E-state index is 12.8. The average Bonchev–Trinajstić information content (AvgIpc) is 3.07. The summed E-state index contributed by atoms with van der Waals surface area (Å²) in [6.07, 6.45) is 0.439. The molecule has 4 N–H and O–H groups in total. The van der Waals surface area contributed by atoms with Gasteiger partial charge in [0.15, 0.2) is 5.03 Å². The zero-order chi connectivity index (χ0) is 25.4. The number of sulfonamides is 1. The highest BCUT2D eigenvalue weighted by molar-refractivity contribution is 7.89. The number of rotatable bonds is 7. The predicted molar refractivity (Wildman–Crippen MR) is 125 cm³/mol. The highest BCUT2D eigenvalue weighted by Gasteiger charge is 2.34. The molecular weight excluding hydrogens is 509 g/mol. The number of hydrogen-bond donors (Lipinski definition) is 3. The van der Waals surface area contributed by atoms with Crippen molar-refractivity contribution in [3.8, 4) is 0 Å². The summed E-state index contributed by atoms with van der Waals surface area (Å²) < 4.78 is 27.5. The maximum absolute atomic E-state index is 12.8. The number of urea groups is 1. The van der Waals surface area contributed by atoms with Crippen LogP contribution < -0.4 is 11.1 Å². The summed E-state index contributed by atoms with van der Waals surface area (Å²) in [6.45, 7) is 1.23. The summed E-state index contributed by atoms with van der Waals surface area (Å²) >= 11 is 12.3. The molecule has 2 aromatic heterocycles. The lowest BCUT2D eigenvalue weighted by Crippen LogP contribution is -2.47. The second-order valence-electron chi connectivity index (χ2n) is 7.31. The van der Waals surface area contributed by atoms with Crippen LogP contribution in [0.3, 0.4) is 0 Å². The molecule has 0 saturated heterocycles. The van der Waals surface area contributed by atoms with Crippen LogP contribution in [0.5, 0.6) is 0 Å². The van der Waals surface area contributed by atoms with E-state index in [1.165, 1.54) is 13.0 Å². The lowest BCUT2D eigenvalue weighted by atomic mass is 10.2. The van der Waals surface area contributed by atoms with E-state index >= 15 is 0 Å². The number of pyridine rings is 1. The van der Waals surface area contributed by atoms with E-state index < -0.39 is 45.4 Å². The first kappa shape index (κ1) is 25.3. The Kier molecular flexibility index (Phi) is 7.05. The van der Waals surface area contributed by atoms with Crippen molar-refractivity contribution in [2.75, 3.05) is 5.32 Å². The number of aliphatic carboxylic acids is 1. The molecular formula is C20H19Cl2N5O6S. The van der Waals surface area contributed by atoms with Gasteiger partial charge in [-0.05, 0) is 37.3 Å². The van der Waals surface area contributed by atoms with Crippen LogP contribution in [-0.4, -0.2) is 51.3 Å². The van der Waals surface area contributed by atoms with Crippen LogP contribution >= 0.6 is 23.2 Å². The monoisotopic (exact) mass is 527 g/mol. The zero-order valence-electron chi connectivity index (χ0n) is 17.8. The molecule has 180 valence electrons. The molecule has 14 heteroatoms. The number of halogens is 2. The van der Waals surface area contributed by atoms with Gasteiger partial charge in [0, 0.05) is 18.0 Å². The number of hydrogen-bond acceptors (Lipinski definition) is 6. The van der Waals surface area contributed by atoms with E-state index in [0.717, 1.165) is 12.3 Å². The van der Waals surface area contributed by atoms with E-state index in [0.29, 0.717) is 20.9 Å². The predicted octanol–water partition coefficient (Wildman–Crippen LogP) is 3.07. The van der Waals surface area contributed by atoms with Crippen molar-refractivity contribution in [3.63, 3.8) is 0 Å².